The van der Waals surface area contributed by atoms with Gasteiger partial charge in [0.05, 0.1) is 6.21 Å². The normalized spacial score (nSPS) is 11.1. The van der Waals surface area contributed by atoms with Crippen LogP contribution >= 0.6 is 12.2 Å². The molecule has 0 saturated heterocycles. The van der Waals surface area contributed by atoms with Crippen LogP contribution in [0.25, 0.3) is 0 Å². The number of nitrogens with one attached hydrogen (secondary N) is 1. The van der Waals surface area contributed by atoms with Crippen LogP contribution in [-0.4, -0.2) is 26.2 Å². The standard InChI is InChI=1S/C11H12N4OS/c1-2-10-13-14-11(17)15(10)12-7-8-3-5-9(16)6-4-8/h3-7,16H,2H2,1H3,(H,14,17). The first-order valence-corrected chi connectivity index (χ1v) is 5.61. The molecule has 0 bridgehead atoms. The third-order valence-electron chi connectivity index (χ3n) is 2.25. The highest BCUT2D eigenvalue weighted by atomic mass is 32.1. The quantitative estimate of drug-likeness (QED) is 0.645. The zero-order chi connectivity index (χ0) is 12.3. The molecule has 1 heterocycles. The summed E-state index contributed by atoms with van der Waals surface area (Å²) in [6.45, 7) is 1.98. The van der Waals surface area contributed by atoms with Crippen LogP contribution in [0.4, 0.5) is 0 Å². The summed E-state index contributed by atoms with van der Waals surface area (Å²) >= 11 is 5.07. The zero-order valence-corrected chi connectivity index (χ0v) is 10.1. The molecule has 0 amide bonds. The van der Waals surface area contributed by atoms with Crippen LogP contribution in [0.5, 0.6) is 5.75 Å². The summed E-state index contributed by atoms with van der Waals surface area (Å²) in [4.78, 5) is 0. The van der Waals surface area contributed by atoms with E-state index in [1.807, 2.05) is 6.92 Å². The first-order valence-electron chi connectivity index (χ1n) is 5.20. The molecule has 0 radical (unpaired) electrons. The molecular formula is C11H12N4OS. The molecule has 0 unspecified atom stereocenters. The average Bonchev–Trinajstić information content (AvgIpc) is 2.69. The summed E-state index contributed by atoms with van der Waals surface area (Å²) in [6, 6.07) is 6.76. The summed E-state index contributed by atoms with van der Waals surface area (Å²) in [5.41, 5.74) is 0.882. The Bertz CT molecular complexity index is 582. The lowest BCUT2D eigenvalue weighted by atomic mass is 10.2. The van der Waals surface area contributed by atoms with Crippen molar-refractivity contribution in [2.24, 2.45) is 5.10 Å². The number of phenols is 1. The summed E-state index contributed by atoms with van der Waals surface area (Å²) in [6.07, 6.45) is 2.42. The highest BCUT2D eigenvalue weighted by molar-refractivity contribution is 7.71. The van der Waals surface area contributed by atoms with Crippen LogP contribution in [-0.2, 0) is 6.42 Å². The second-order valence-corrected chi connectivity index (χ2v) is 3.83. The van der Waals surface area contributed by atoms with E-state index in [1.54, 1.807) is 35.2 Å². The molecule has 2 aromatic rings. The maximum absolute atomic E-state index is 9.15. The minimum atomic E-state index is 0.233. The lowest BCUT2D eigenvalue weighted by Gasteiger charge is -1.97. The van der Waals surface area contributed by atoms with Gasteiger partial charge in [-0.1, -0.05) is 6.92 Å². The van der Waals surface area contributed by atoms with E-state index in [0.717, 1.165) is 17.8 Å². The second kappa shape index (κ2) is 4.92. The average molecular weight is 248 g/mol. The van der Waals surface area contributed by atoms with Gasteiger partial charge in [-0.3, -0.25) is 5.10 Å². The summed E-state index contributed by atoms with van der Waals surface area (Å²) in [5, 5.41) is 20.2. The molecule has 0 atom stereocenters. The Balaban J connectivity index is 2.28. The molecule has 0 aliphatic heterocycles. The van der Waals surface area contributed by atoms with Gasteiger partial charge < -0.3 is 5.11 Å². The monoisotopic (exact) mass is 248 g/mol. The molecular weight excluding hydrogens is 236 g/mol. The van der Waals surface area contributed by atoms with Gasteiger partial charge in [0, 0.05) is 6.42 Å². The van der Waals surface area contributed by atoms with E-state index in [1.165, 1.54) is 0 Å². The third-order valence-corrected chi connectivity index (χ3v) is 2.51. The van der Waals surface area contributed by atoms with Crippen LogP contribution in [0.2, 0.25) is 0 Å². The first-order chi connectivity index (χ1) is 8.20. The lowest BCUT2D eigenvalue weighted by molar-refractivity contribution is 0.475. The number of nitrogens with zero attached hydrogens (tertiary/aromatic N) is 3. The molecule has 6 heteroatoms. The maximum Gasteiger partial charge on any atom is 0.216 e. The van der Waals surface area contributed by atoms with Crippen molar-refractivity contribution >= 4 is 18.4 Å². The molecule has 1 aromatic carbocycles. The Hall–Kier alpha value is -1.95. The molecule has 2 N–H and O–H groups in total. The van der Waals surface area contributed by atoms with Gasteiger partial charge in [-0.05, 0) is 42.0 Å². The van der Waals surface area contributed by atoms with Crippen molar-refractivity contribution in [3.63, 3.8) is 0 Å². The van der Waals surface area contributed by atoms with Gasteiger partial charge in [0.2, 0.25) is 4.77 Å². The van der Waals surface area contributed by atoms with E-state index in [0.29, 0.717) is 4.77 Å². The fourth-order valence-electron chi connectivity index (χ4n) is 1.36. The Morgan fingerprint density at radius 3 is 2.82 bits per heavy atom. The summed E-state index contributed by atoms with van der Waals surface area (Å²) in [7, 11) is 0. The van der Waals surface area contributed by atoms with Crippen molar-refractivity contribution in [3.05, 3.63) is 40.4 Å². The van der Waals surface area contributed by atoms with E-state index in [2.05, 4.69) is 15.3 Å². The molecule has 2 rings (SSSR count). The topological polar surface area (TPSA) is 66.2 Å². The van der Waals surface area contributed by atoms with Gasteiger partial charge in [-0.2, -0.15) is 14.9 Å². The number of H-pyrrole nitrogens is 1. The van der Waals surface area contributed by atoms with Crippen LogP contribution in [0.3, 0.4) is 0 Å². The van der Waals surface area contributed by atoms with E-state index in [9.17, 15) is 0 Å². The number of hydrogen-bond acceptors (Lipinski definition) is 4. The van der Waals surface area contributed by atoms with Crippen molar-refractivity contribution < 1.29 is 5.11 Å². The van der Waals surface area contributed by atoms with Crippen LogP contribution < -0.4 is 0 Å². The van der Waals surface area contributed by atoms with Gasteiger partial charge in [0.15, 0.2) is 5.82 Å². The SMILES string of the molecule is CCc1n[nH]c(=S)n1N=Cc1ccc(O)cc1. The maximum atomic E-state index is 9.15. The lowest BCUT2D eigenvalue weighted by Crippen LogP contribution is -1.97. The van der Waals surface area contributed by atoms with E-state index < -0.39 is 0 Å². The fraction of sp³-hybridized carbons (Fsp3) is 0.182. The number of benzene rings is 1. The molecule has 0 fully saturated rings. The number of rotatable bonds is 3. The Kier molecular flexibility index (Phi) is 3.34. The minimum absolute atomic E-state index is 0.233. The van der Waals surface area contributed by atoms with Crippen LogP contribution in [0, 0.1) is 4.77 Å². The van der Waals surface area contributed by atoms with Crippen molar-refractivity contribution in [3.8, 4) is 5.75 Å². The van der Waals surface area contributed by atoms with Gasteiger partial charge >= 0.3 is 0 Å². The van der Waals surface area contributed by atoms with Gasteiger partial charge in [-0.15, -0.1) is 0 Å². The van der Waals surface area contributed by atoms with E-state index in [-0.39, 0.29) is 5.75 Å². The highest BCUT2D eigenvalue weighted by Crippen LogP contribution is 2.08. The molecule has 88 valence electrons. The molecule has 1 aromatic heterocycles. The fourth-order valence-corrected chi connectivity index (χ4v) is 1.56. The molecule has 0 saturated carbocycles. The zero-order valence-electron chi connectivity index (χ0n) is 9.29. The number of hydrogen-bond donors (Lipinski definition) is 2. The predicted octanol–water partition coefficient (Wildman–Crippen LogP) is 2.09. The van der Waals surface area contributed by atoms with Gasteiger partial charge in [0.1, 0.15) is 5.75 Å². The predicted molar refractivity (Wildman–Crippen MR) is 67.9 cm³/mol. The summed E-state index contributed by atoms with van der Waals surface area (Å²) in [5.74, 6) is 1.02. The van der Waals surface area contributed by atoms with Crippen molar-refractivity contribution in [1.82, 2.24) is 14.9 Å². The van der Waals surface area contributed by atoms with Gasteiger partial charge in [-0.25, -0.2) is 0 Å². The number of phenolic OH excluding ortho intramolecular Hbond substituents is 1. The van der Waals surface area contributed by atoms with Crippen molar-refractivity contribution in [2.75, 3.05) is 0 Å². The second-order valence-electron chi connectivity index (χ2n) is 3.45. The number of aromatic hydroxyl groups is 1. The van der Waals surface area contributed by atoms with E-state index >= 15 is 0 Å². The molecule has 5 nitrogen and oxygen atoms in total. The van der Waals surface area contributed by atoms with Crippen molar-refractivity contribution in [2.45, 2.75) is 13.3 Å². The first kappa shape index (κ1) is 11.5. The molecule has 0 spiro atoms. The third kappa shape index (κ3) is 2.59. The van der Waals surface area contributed by atoms with Crippen LogP contribution in [0.1, 0.15) is 18.3 Å². The smallest absolute Gasteiger partial charge is 0.216 e. The largest absolute Gasteiger partial charge is 0.508 e. The number of aromatic nitrogens is 3. The molecule has 17 heavy (non-hydrogen) atoms. The highest BCUT2D eigenvalue weighted by Gasteiger charge is 2.00. The number of aryl methyl sites for hydroxylation is 1. The minimum Gasteiger partial charge on any atom is -0.508 e. The van der Waals surface area contributed by atoms with Crippen molar-refractivity contribution in [1.29, 1.82) is 0 Å². The molecule has 0 aliphatic carbocycles. The Morgan fingerprint density at radius 1 is 1.47 bits per heavy atom. The van der Waals surface area contributed by atoms with Gasteiger partial charge in [0.25, 0.3) is 0 Å². The van der Waals surface area contributed by atoms with Crippen LogP contribution in [0.15, 0.2) is 29.4 Å². The summed E-state index contributed by atoms with van der Waals surface area (Å²) < 4.78 is 2.05. The number of aromatic amines is 1. The van der Waals surface area contributed by atoms with E-state index in [4.69, 9.17) is 17.3 Å². The molecule has 0 aliphatic rings. The Labute approximate surface area is 103 Å². The Morgan fingerprint density at radius 2 is 2.18 bits per heavy atom.